The first kappa shape index (κ1) is 15.6. The van der Waals surface area contributed by atoms with Gasteiger partial charge in [-0.05, 0) is 20.8 Å². The van der Waals surface area contributed by atoms with Gasteiger partial charge in [-0.15, -0.1) is 0 Å². The molecule has 108 valence electrons. The predicted molar refractivity (Wildman–Crippen MR) is 76.0 cm³/mol. The average Bonchev–Trinajstić information content (AvgIpc) is 2.66. The fraction of sp³-hybridized carbons (Fsp3) is 0.727. The highest BCUT2D eigenvalue weighted by Crippen LogP contribution is 2.30. The molecule has 0 saturated carbocycles. The molecule has 1 aromatic heterocycles. The second-order valence-corrected chi connectivity index (χ2v) is 6.30. The van der Waals surface area contributed by atoms with Gasteiger partial charge in [-0.3, -0.25) is 14.3 Å². The first-order valence-corrected chi connectivity index (χ1v) is 7.69. The van der Waals surface area contributed by atoms with Crippen molar-refractivity contribution in [2.24, 2.45) is 0 Å². The van der Waals surface area contributed by atoms with E-state index in [1.165, 1.54) is 0 Å². The number of hydrogen-bond donors (Lipinski definition) is 1. The third-order valence-corrected chi connectivity index (χ3v) is 3.97. The van der Waals surface area contributed by atoms with Crippen LogP contribution in [0.25, 0.3) is 0 Å². The molecule has 7 nitrogen and oxygen atoms in total. The molecule has 0 aromatic carbocycles. The van der Waals surface area contributed by atoms with Crippen LogP contribution in [0.3, 0.4) is 0 Å². The van der Waals surface area contributed by atoms with Gasteiger partial charge >= 0.3 is 5.69 Å². The summed E-state index contributed by atoms with van der Waals surface area (Å²) < 4.78 is 13.0. The van der Waals surface area contributed by atoms with Crippen molar-refractivity contribution in [2.45, 2.75) is 33.7 Å². The Bertz CT molecular complexity index is 485. The van der Waals surface area contributed by atoms with Crippen LogP contribution in [0.1, 0.15) is 32.5 Å². The summed E-state index contributed by atoms with van der Waals surface area (Å²) in [4.78, 5) is 10.7. The Morgan fingerprint density at radius 3 is 2.63 bits per heavy atom. The third-order valence-electron chi connectivity index (χ3n) is 2.67. The maximum atomic E-state index is 11.4. The second-order valence-electron chi connectivity index (χ2n) is 4.44. The zero-order chi connectivity index (χ0) is 14.6. The minimum Gasteiger partial charge on any atom is -0.364 e. The van der Waals surface area contributed by atoms with Crippen LogP contribution in [0.4, 0.5) is 11.5 Å². The Morgan fingerprint density at radius 1 is 1.53 bits per heavy atom. The number of aromatic nitrogens is 2. The zero-order valence-electron chi connectivity index (χ0n) is 11.7. The van der Waals surface area contributed by atoms with Gasteiger partial charge in [-0.2, -0.15) is 5.10 Å². The highest BCUT2D eigenvalue weighted by Gasteiger charge is 2.26. The van der Waals surface area contributed by atoms with Crippen LogP contribution in [-0.2, 0) is 10.8 Å². The maximum Gasteiger partial charge on any atom is 0.333 e. The van der Waals surface area contributed by atoms with E-state index in [-0.39, 0.29) is 11.7 Å². The summed E-state index contributed by atoms with van der Waals surface area (Å²) >= 11 is 0. The fourth-order valence-corrected chi connectivity index (χ4v) is 2.34. The Hall–Kier alpha value is -1.44. The Morgan fingerprint density at radius 2 is 2.16 bits per heavy atom. The summed E-state index contributed by atoms with van der Waals surface area (Å²) in [5, 5.41) is 18.3. The maximum absolute atomic E-state index is 11.4. The molecule has 8 heteroatoms. The standard InChI is InChI=1S/C11H20N4O3S/c1-5-19(18)7-6-12-11-10(15(16)17)9(4)13-14(11)8(2)3/h8,12H,5-7H2,1-4H3. The average molecular weight is 288 g/mol. The van der Waals surface area contributed by atoms with Gasteiger partial charge in [-0.1, -0.05) is 6.92 Å². The minimum absolute atomic E-state index is 0.00372. The molecule has 0 aliphatic heterocycles. The molecular weight excluding hydrogens is 268 g/mol. The molecule has 0 aliphatic rings. The monoisotopic (exact) mass is 288 g/mol. The number of nitrogens with zero attached hydrogens (tertiary/aromatic N) is 3. The molecular formula is C11H20N4O3S. The van der Waals surface area contributed by atoms with E-state index in [0.717, 1.165) is 0 Å². The van der Waals surface area contributed by atoms with E-state index >= 15 is 0 Å². The Kier molecular flexibility index (Phi) is 5.46. The van der Waals surface area contributed by atoms with Crippen molar-refractivity contribution in [2.75, 3.05) is 23.4 Å². The van der Waals surface area contributed by atoms with Crippen LogP contribution in [0, 0.1) is 17.0 Å². The lowest BCUT2D eigenvalue weighted by Gasteiger charge is -2.11. The number of hydrogen-bond acceptors (Lipinski definition) is 5. The smallest absolute Gasteiger partial charge is 0.333 e. The molecule has 0 amide bonds. The molecule has 0 bridgehead atoms. The Balaban J connectivity index is 2.95. The summed E-state index contributed by atoms with van der Waals surface area (Å²) in [5.41, 5.74) is 0.383. The molecule has 0 spiro atoms. The lowest BCUT2D eigenvalue weighted by atomic mass is 10.3. The van der Waals surface area contributed by atoms with Crippen LogP contribution in [-0.4, -0.2) is 37.0 Å². The van der Waals surface area contributed by atoms with Crippen LogP contribution >= 0.6 is 0 Å². The number of anilines is 1. The van der Waals surface area contributed by atoms with Crippen LogP contribution in [0.5, 0.6) is 0 Å². The molecule has 1 heterocycles. The van der Waals surface area contributed by atoms with Gasteiger partial charge in [-0.25, -0.2) is 4.68 Å². The first-order chi connectivity index (χ1) is 8.88. The predicted octanol–water partition coefficient (Wildman–Crippen LogP) is 1.86. The quantitative estimate of drug-likeness (QED) is 0.611. The molecule has 1 aromatic rings. The largest absolute Gasteiger partial charge is 0.364 e. The topological polar surface area (TPSA) is 90.1 Å². The van der Waals surface area contributed by atoms with E-state index in [2.05, 4.69) is 10.4 Å². The van der Waals surface area contributed by atoms with E-state index in [4.69, 9.17) is 0 Å². The zero-order valence-corrected chi connectivity index (χ0v) is 12.5. The normalized spacial score (nSPS) is 12.7. The van der Waals surface area contributed by atoms with E-state index in [9.17, 15) is 14.3 Å². The summed E-state index contributed by atoms with van der Waals surface area (Å²) in [7, 11) is -0.890. The lowest BCUT2D eigenvalue weighted by molar-refractivity contribution is -0.384. The van der Waals surface area contributed by atoms with E-state index < -0.39 is 15.7 Å². The van der Waals surface area contributed by atoms with Crippen molar-refractivity contribution >= 4 is 22.3 Å². The second kappa shape index (κ2) is 6.65. The molecule has 0 saturated heterocycles. The SMILES string of the molecule is CCS(=O)CCNc1c([N+](=O)[O-])c(C)nn1C(C)C. The third kappa shape index (κ3) is 3.76. The van der Waals surface area contributed by atoms with Crippen molar-refractivity contribution < 1.29 is 9.13 Å². The van der Waals surface area contributed by atoms with E-state index in [1.54, 1.807) is 11.6 Å². The van der Waals surface area contributed by atoms with Gasteiger partial charge in [0.1, 0.15) is 5.69 Å². The van der Waals surface area contributed by atoms with Gasteiger partial charge in [0.25, 0.3) is 0 Å². The summed E-state index contributed by atoms with van der Waals surface area (Å²) in [6.45, 7) is 7.71. The molecule has 0 aliphatic carbocycles. The molecule has 1 rings (SSSR count). The molecule has 0 fully saturated rings. The number of aryl methyl sites for hydroxylation is 1. The van der Waals surface area contributed by atoms with Crippen molar-refractivity contribution in [1.29, 1.82) is 0 Å². The van der Waals surface area contributed by atoms with Gasteiger partial charge in [0.05, 0.1) is 4.92 Å². The van der Waals surface area contributed by atoms with Crippen molar-refractivity contribution in [3.63, 3.8) is 0 Å². The fourth-order valence-electron chi connectivity index (χ4n) is 1.72. The molecule has 1 unspecified atom stereocenters. The van der Waals surface area contributed by atoms with Crippen LogP contribution in [0.15, 0.2) is 0 Å². The summed E-state index contributed by atoms with van der Waals surface area (Å²) in [6.07, 6.45) is 0. The van der Waals surface area contributed by atoms with Gasteiger partial charge in [0, 0.05) is 34.9 Å². The highest BCUT2D eigenvalue weighted by molar-refractivity contribution is 7.84. The summed E-state index contributed by atoms with van der Waals surface area (Å²) in [5.74, 6) is 1.45. The van der Waals surface area contributed by atoms with Crippen LogP contribution in [0.2, 0.25) is 0 Å². The highest BCUT2D eigenvalue weighted by atomic mass is 32.2. The number of rotatable bonds is 7. The minimum atomic E-state index is -0.890. The number of nitro groups is 1. The molecule has 1 N–H and O–H groups in total. The van der Waals surface area contributed by atoms with Gasteiger partial charge < -0.3 is 5.32 Å². The van der Waals surface area contributed by atoms with Crippen molar-refractivity contribution in [3.05, 3.63) is 15.8 Å². The van der Waals surface area contributed by atoms with E-state index in [1.807, 2.05) is 20.8 Å². The first-order valence-electron chi connectivity index (χ1n) is 6.20. The van der Waals surface area contributed by atoms with Crippen LogP contribution < -0.4 is 5.32 Å². The van der Waals surface area contributed by atoms with Gasteiger partial charge in [0.2, 0.25) is 5.82 Å². The van der Waals surface area contributed by atoms with Gasteiger partial charge in [0.15, 0.2) is 0 Å². The van der Waals surface area contributed by atoms with E-state index in [0.29, 0.717) is 29.6 Å². The molecule has 1 atom stereocenters. The molecule has 19 heavy (non-hydrogen) atoms. The molecule has 0 radical (unpaired) electrons. The lowest BCUT2D eigenvalue weighted by Crippen LogP contribution is -2.16. The van der Waals surface area contributed by atoms with Crippen molar-refractivity contribution in [3.8, 4) is 0 Å². The van der Waals surface area contributed by atoms with Crippen molar-refractivity contribution in [1.82, 2.24) is 9.78 Å². The summed E-state index contributed by atoms with van der Waals surface area (Å²) in [6, 6.07) is 0.0200. The number of nitrogens with one attached hydrogen (secondary N) is 1. The Labute approximate surface area is 115 Å².